The van der Waals surface area contributed by atoms with Crippen molar-refractivity contribution in [1.29, 1.82) is 0 Å². The maximum Gasteiger partial charge on any atom is 0.170 e. The maximum absolute atomic E-state index is 6.14. The van der Waals surface area contributed by atoms with Gasteiger partial charge in [-0.25, -0.2) is 0 Å². The molecular formula is C28H16O2. The van der Waals surface area contributed by atoms with Crippen molar-refractivity contribution in [2.75, 3.05) is 0 Å². The van der Waals surface area contributed by atoms with E-state index in [1.165, 1.54) is 37.9 Å². The lowest BCUT2D eigenvalue weighted by Crippen LogP contribution is -1.98. The molecule has 0 N–H and O–H groups in total. The molecule has 7 rings (SSSR count). The van der Waals surface area contributed by atoms with E-state index in [4.69, 9.17) is 9.47 Å². The first-order valence-electron chi connectivity index (χ1n) is 10.1. The van der Waals surface area contributed by atoms with Gasteiger partial charge in [0.05, 0.1) is 0 Å². The van der Waals surface area contributed by atoms with Crippen LogP contribution in [0.25, 0.3) is 43.4 Å². The van der Waals surface area contributed by atoms with Gasteiger partial charge in [-0.1, -0.05) is 72.8 Å². The minimum atomic E-state index is 0.746. The van der Waals surface area contributed by atoms with Crippen molar-refractivity contribution in [2.45, 2.75) is 0 Å². The van der Waals surface area contributed by atoms with E-state index in [1.807, 2.05) is 30.3 Å². The molecule has 0 radical (unpaired) electrons. The van der Waals surface area contributed by atoms with Gasteiger partial charge >= 0.3 is 0 Å². The van der Waals surface area contributed by atoms with E-state index < -0.39 is 0 Å². The van der Waals surface area contributed by atoms with Gasteiger partial charge < -0.3 is 9.47 Å². The summed E-state index contributed by atoms with van der Waals surface area (Å²) < 4.78 is 12.2. The molecule has 2 heteroatoms. The van der Waals surface area contributed by atoms with Crippen molar-refractivity contribution in [3.63, 3.8) is 0 Å². The summed E-state index contributed by atoms with van der Waals surface area (Å²) in [6.07, 6.45) is 0. The van der Waals surface area contributed by atoms with E-state index in [-0.39, 0.29) is 0 Å². The zero-order valence-electron chi connectivity index (χ0n) is 16.1. The second kappa shape index (κ2) is 5.74. The van der Waals surface area contributed by atoms with Crippen LogP contribution in [-0.4, -0.2) is 0 Å². The molecule has 2 nitrogen and oxygen atoms in total. The molecule has 0 unspecified atom stereocenters. The van der Waals surface area contributed by atoms with E-state index in [2.05, 4.69) is 66.7 Å². The minimum absolute atomic E-state index is 0.746. The van der Waals surface area contributed by atoms with Crippen molar-refractivity contribution in [3.05, 3.63) is 97.1 Å². The molecule has 1 heterocycles. The molecule has 0 atom stereocenters. The Morgan fingerprint density at radius 2 is 1.07 bits per heavy atom. The van der Waals surface area contributed by atoms with E-state index >= 15 is 0 Å². The third kappa shape index (κ3) is 2.13. The monoisotopic (exact) mass is 384 g/mol. The molecule has 0 aliphatic carbocycles. The number of benzene rings is 6. The lowest BCUT2D eigenvalue weighted by atomic mass is 9.90. The molecule has 1 aliphatic heterocycles. The van der Waals surface area contributed by atoms with E-state index in [9.17, 15) is 0 Å². The highest BCUT2D eigenvalue weighted by Gasteiger charge is 2.19. The molecule has 6 aromatic carbocycles. The highest BCUT2D eigenvalue weighted by atomic mass is 16.6. The lowest BCUT2D eigenvalue weighted by molar-refractivity contribution is 0.360. The van der Waals surface area contributed by atoms with Crippen LogP contribution in [0.1, 0.15) is 0 Å². The Labute approximate surface area is 173 Å². The molecular weight excluding hydrogens is 368 g/mol. The quantitative estimate of drug-likeness (QED) is 0.266. The van der Waals surface area contributed by atoms with Crippen LogP contribution in [0.2, 0.25) is 0 Å². The second-order valence-electron chi connectivity index (χ2n) is 7.78. The summed E-state index contributed by atoms with van der Waals surface area (Å²) in [4.78, 5) is 0. The van der Waals surface area contributed by atoms with Crippen LogP contribution in [0.15, 0.2) is 97.1 Å². The number of rotatable bonds is 1. The van der Waals surface area contributed by atoms with Gasteiger partial charge in [0.1, 0.15) is 0 Å². The van der Waals surface area contributed by atoms with E-state index in [1.54, 1.807) is 0 Å². The van der Waals surface area contributed by atoms with Crippen molar-refractivity contribution >= 4 is 32.3 Å². The van der Waals surface area contributed by atoms with Gasteiger partial charge in [0.15, 0.2) is 23.0 Å². The number of para-hydroxylation sites is 2. The van der Waals surface area contributed by atoms with Gasteiger partial charge in [0.25, 0.3) is 0 Å². The first kappa shape index (κ1) is 15.8. The molecule has 30 heavy (non-hydrogen) atoms. The van der Waals surface area contributed by atoms with Crippen molar-refractivity contribution in [1.82, 2.24) is 0 Å². The van der Waals surface area contributed by atoms with Crippen LogP contribution < -0.4 is 9.47 Å². The first-order valence-corrected chi connectivity index (χ1v) is 10.1. The lowest BCUT2D eigenvalue weighted by Gasteiger charge is -2.21. The van der Waals surface area contributed by atoms with Crippen molar-refractivity contribution in [2.24, 2.45) is 0 Å². The van der Waals surface area contributed by atoms with Crippen LogP contribution in [0, 0.1) is 0 Å². The van der Waals surface area contributed by atoms with Gasteiger partial charge in [-0.3, -0.25) is 0 Å². The van der Waals surface area contributed by atoms with Crippen molar-refractivity contribution in [3.8, 4) is 34.1 Å². The van der Waals surface area contributed by atoms with Crippen LogP contribution in [0.5, 0.6) is 23.0 Å². The van der Waals surface area contributed by atoms with Crippen LogP contribution in [0.3, 0.4) is 0 Å². The molecule has 0 saturated heterocycles. The fraction of sp³-hybridized carbons (Fsp3) is 0. The molecule has 0 saturated carbocycles. The molecule has 1 aliphatic rings. The average Bonchev–Trinajstić information content (AvgIpc) is 2.81. The number of ether oxygens (including phenoxy) is 2. The Hall–Kier alpha value is -4.04. The zero-order chi connectivity index (χ0) is 19.7. The summed E-state index contributed by atoms with van der Waals surface area (Å²) in [6, 6.07) is 33.8. The summed E-state index contributed by atoms with van der Waals surface area (Å²) in [5.74, 6) is 2.99. The normalized spacial score (nSPS) is 12.5. The Balaban J connectivity index is 1.46. The molecule has 0 bridgehead atoms. The second-order valence-corrected chi connectivity index (χ2v) is 7.78. The Kier molecular flexibility index (Phi) is 3.03. The molecule has 0 fully saturated rings. The minimum Gasteiger partial charge on any atom is -0.450 e. The first-order chi connectivity index (χ1) is 14.8. The van der Waals surface area contributed by atoms with Crippen molar-refractivity contribution < 1.29 is 9.47 Å². The third-order valence-corrected chi connectivity index (χ3v) is 6.07. The van der Waals surface area contributed by atoms with Crippen LogP contribution in [0.4, 0.5) is 0 Å². The number of hydrogen-bond donors (Lipinski definition) is 0. The fourth-order valence-corrected chi connectivity index (χ4v) is 4.68. The van der Waals surface area contributed by atoms with Gasteiger partial charge in [-0.2, -0.15) is 0 Å². The Morgan fingerprint density at radius 1 is 0.433 bits per heavy atom. The predicted molar refractivity (Wildman–Crippen MR) is 122 cm³/mol. The molecule has 0 amide bonds. The standard InChI is InChI=1S/C28H16O2/c1-2-7-24-23(6-1)29-25-15-12-20(16-26(25)30-24)21-13-10-19-9-8-17-4-3-5-18-11-14-22(21)28(19)27(17)18/h1-16H. The van der Waals surface area contributed by atoms with Gasteiger partial charge in [0.2, 0.25) is 0 Å². The molecule has 6 aromatic rings. The Bertz CT molecular complexity index is 1580. The average molecular weight is 384 g/mol. The topological polar surface area (TPSA) is 18.5 Å². The van der Waals surface area contributed by atoms with Gasteiger partial charge in [0, 0.05) is 0 Å². The summed E-state index contributed by atoms with van der Waals surface area (Å²) in [7, 11) is 0. The van der Waals surface area contributed by atoms with Crippen LogP contribution in [-0.2, 0) is 0 Å². The van der Waals surface area contributed by atoms with E-state index in [0.29, 0.717) is 0 Å². The highest BCUT2D eigenvalue weighted by molar-refractivity contribution is 6.25. The summed E-state index contributed by atoms with van der Waals surface area (Å²) in [5.41, 5.74) is 2.32. The molecule has 0 aromatic heterocycles. The largest absolute Gasteiger partial charge is 0.450 e. The molecule has 140 valence electrons. The smallest absolute Gasteiger partial charge is 0.170 e. The zero-order valence-corrected chi connectivity index (χ0v) is 16.1. The highest BCUT2D eigenvalue weighted by Crippen LogP contribution is 2.47. The number of hydrogen-bond acceptors (Lipinski definition) is 2. The van der Waals surface area contributed by atoms with Gasteiger partial charge in [-0.05, 0) is 67.7 Å². The summed E-state index contributed by atoms with van der Waals surface area (Å²) >= 11 is 0. The summed E-state index contributed by atoms with van der Waals surface area (Å²) in [5, 5.41) is 7.74. The third-order valence-electron chi connectivity index (χ3n) is 6.07. The number of fused-ring (bicyclic) bond motifs is 2. The van der Waals surface area contributed by atoms with E-state index in [0.717, 1.165) is 28.6 Å². The Morgan fingerprint density at radius 3 is 1.87 bits per heavy atom. The predicted octanol–water partition coefficient (Wildman–Crippen LogP) is 8.15. The SMILES string of the molecule is c1ccc2c(c1)Oc1ccc(-c3ccc4ccc5cccc6ccc3c4c56)cc1O2. The maximum atomic E-state index is 6.14. The molecule has 0 spiro atoms. The summed E-state index contributed by atoms with van der Waals surface area (Å²) in [6.45, 7) is 0. The fourth-order valence-electron chi connectivity index (χ4n) is 4.68. The van der Waals surface area contributed by atoms with Crippen LogP contribution >= 0.6 is 0 Å². The van der Waals surface area contributed by atoms with Gasteiger partial charge in [-0.15, -0.1) is 0 Å².